The van der Waals surface area contributed by atoms with Crippen LogP contribution in [-0.4, -0.2) is 21.8 Å². The Morgan fingerprint density at radius 2 is 2.26 bits per heavy atom. The lowest BCUT2D eigenvalue weighted by Gasteiger charge is -2.15. The SMILES string of the molecule is CNC(Cc1ncnn1CC(C)C)c1csc(Br)c1. The van der Waals surface area contributed by atoms with Crippen LogP contribution in [0.5, 0.6) is 0 Å². The van der Waals surface area contributed by atoms with Crippen LogP contribution in [0.1, 0.15) is 31.3 Å². The van der Waals surface area contributed by atoms with Gasteiger partial charge in [0.2, 0.25) is 0 Å². The second kappa shape index (κ2) is 6.63. The zero-order valence-electron chi connectivity index (χ0n) is 11.4. The van der Waals surface area contributed by atoms with E-state index in [1.165, 1.54) is 5.56 Å². The van der Waals surface area contributed by atoms with Gasteiger partial charge in [-0.3, -0.25) is 0 Å². The fourth-order valence-electron chi connectivity index (χ4n) is 2.02. The maximum Gasteiger partial charge on any atom is 0.138 e. The van der Waals surface area contributed by atoms with Gasteiger partial charge in [0.25, 0.3) is 0 Å². The Morgan fingerprint density at radius 3 is 2.84 bits per heavy atom. The van der Waals surface area contributed by atoms with E-state index in [1.807, 2.05) is 11.7 Å². The van der Waals surface area contributed by atoms with Crippen molar-refractivity contribution in [2.75, 3.05) is 7.05 Å². The minimum Gasteiger partial charge on any atom is -0.313 e. The van der Waals surface area contributed by atoms with Crippen LogP contribution >= 0.6 is 27.3 Å². The first kappa shape index (κ1) is 14.7. The van der Waals surface area contributed by atoms with Gasteiger partial charge < -0.3 is 5.32 Å². The number of halogens is 1. The molecule has 0 aromatic carbocycles. The number of likely N-dealkylation sites (N-methyl/N-ethyl adjacent to an activating group) is 1. The predicted octanol–water partition coefficient (Wildman–Crippen LogP) is 3.26. The largest absolute Gasteiger partial charge is 0.313 e. The summed E-state index contributed by atoms with van der Waals surface area (Å²) in [4.78, 5) is 4.39. The van der Waals surface area contributed by atoms with Crippen molar-refractivity contribution in [1.29, 1.82) is 0 Å². The second-order valence-corrected chi connectivity index (χ2v) is 7.27. The lowest BCUT2D eigenvalue weighted by Crippen LogP contribution is -2.21. The molecule has 0 spiro atoms. The van der Waals surface area contributed by atoms with E-state index in [0.29, 0.717) is 5.92 Å². The monoisotopic (exact) mass is 342 g/mol. The smallest absolute Gasteiger partial charge is 0.138 e. The number of nitrogens with one attached hydrogen (secondary N) is 1. The molecule has 0 aliphatic heterocycles. The first-order valence-electron chi connectivity index (χ1n) is 6.38. The summed E-state index contributed by atoms with van der Waals surface area (Å²) < 4.78 is 3.17. The molecule has 1 N–H and O–H groups in total. The summed E-state index contributed by atoms with van der Waals surface area (Å²) in [6, 6.07) is 2.44. The fraction of sp³-hybridized carbons (Fsp3) is 0.538. The van der Waals surface area contributed by atoms with E-state index in [1.54, 1.807) is 17.7 Å². The zero-order chi connectivity index (χ0) is 13.8. The molecule has 0 radical (unpaired) electrons. The van der Waals surface area contributed by atoms with Crippen LogP contribution in [0.2, 0.25) is 0 Å². The summed E-state index contributed by atoms with van der Waals surface area (Å²) in [5, 5.41) is 9.84. The molecule has 104 valence electrons. The van der Waals surface area contributed by atoms with Crippen molar-refractivity contribution in [2.45, 2.75) is 32.9 Å². The van der Waals surface area contributed by atoms with E-state index in [9.17, 15) is 0 Å². The Balaban J connectivity index is 2.12. The molecule has 0 amide bonds. The first-order chi connectivity index (χ1) is 9.10. The number of rotatable bonds is 6. The summed E-state index contributed by atoms with van der Waals surface area (Å²) in [6.07, 6.45) is 2.50. The molecule has 0 bridgehead atoms. The molecule has 0 aliphatic carbocycles. The van der Waals surface area contributed by atoms with E-state index in [2.05, 4.69) is 56.6 Å². The van der Waals surface area contributed by atoms with E-state index in [4.69, 9.17) is 0 Å². The number of hydrogen-bond acceptors (Lipinski definition) is 4. The van der Waals surface area contributed by atoms with E-state index in [-0.39, 0.29) is 6.04 Å². The third-order valence-corrected chi connectivity index (χ3v) is 4.48. The molecule has 0 fully saturated rings. The summed E-state index contributed by atoms with van der Waals surface area (Å²) >= 11 is 5.22. The number of nitrogens with zero attached hydrogens (tertiary/aromatic N) is 3. The van der Waals surface area contributed by atoms with Crippen molar-refractivity contribution in [3.8, 4) is 0 Å². The van der Waals surface area contributed by atoms with Gasteiger partial charge in [-0.1, -0.05) is 13.8 Å². The van der Waals surface area contributed by atoms with Crippen LogP contribution < -0.4 is 5.32 Å². The molecule has 0 aliphatic rings. The highest BCUT2D eigenvalue weighted by Crippen LogP contribution is 2.26. The summed E-state index contributed by atoms with van der Waals surface area (Å²) in [5.74, 6) is 1.61. The molecule has 6 heteroatoms. The van der Waals surface area contributed by atoms with Gasteiger partial charge in [-0.15, -0.1) is 11.3 Å². The summed E-state index contributed by atoms with van der Waals surface area (Å²) in [7, 11) is 1.99. The average Bonchev–Trinajstić information content (AvgIpc) is 2.95. The number of aromatic nitrogens is 3. The summed E-state index contributed by atoms with van der Waals surface area (Å²) in [6.45, 7) is 5.30. The maximum absolute atomic E-state index is 4.39. The molecular weight excluding hydrogens is 324 g/mol. The molecule has 19 heavy (non-hydrogen) atoms. The molecule has 2 aromatic rings. The Kier molecular flexibility index (Phi) is 5.13. The van der Waals surface area contributed by atoms with Crippen molar-refractivity contribution < 1.29 is 0 Å². The zero-order valence-corrected chi connectivity index (χ0v) is 13.8. The number of thiophene rings is 1. The molecule has 0 saturated heterocycles. The standard InChI is InChI=1S/C13H19BrN4S/c1-9(2)6-18-13(16-8-17-18)5-11(15-3)10-4-12(14)19-7-10/h4,7-9,11,15H,5-6H2,1-3H3. The van der Waals surface area contributed by atoms with Crippen LogP contribution in [0.4, 0.5) is 0 Å². The van der Waals surface area contributed by atoms with Crippen molar-refractivity contribution >= 4 is 27.3 Å². The normalized spacial score (nSPS) is 13.1. The Hall–Kier alpha value is -0.720. The Bertz CT molecular complexity index is 520. The highest BCUT2D eigenvalue weighted by molar-refractivity contribution is 9.11. The molecule has 1 unspecified atom stereocenters. The van der Waals surface area contributed by atoms with E-state index in [0.717, 1.165) is 22.6 Å². The van der Waals surface area contributed by atoms with Crippen LogP contribution in [0.25, 0.3) is 0 Å². The lowest BCUT2D eigenvalue weighted by atomic mass is 10.1. The van der Waals surface area contributed by atoms with E-state index >= 15 is 0 Å². The van der Waals surface area contributed by atoms with Crippen molar-refractivity contribution in [2.24, 2.45) is 5.92 Å². The van der Waals surface area contributed by atoms with Gasteiger partial charge >= 0.3 is 0 Å². The van der Waals surface area contributed by atoms with E-state index < -0.39 is 0 Å². The van der Waals surface area contributed by atoms with Crippen molar-refractivity contribution in [3.05, 3.63) is 32.9 Å². The van der Waals surface area contributed by atoms with Crippen LogP contribution in [0, 0.1) is 5.92 Å². The molecule has 2 heterocycles. The fourth-order valence-corrected chi connectivity index (χ4v) is 3.25. The van der Waals surface area contributed by atoms with Crippen LogP contribution in [0.15, 0.2) is 21.6 Å². The quantitative estimate of drug-likeness (QED) is 0.875. The van der Waals surface area contributed by atoms with Gasteiger partial charge in [-0.2, -0.15) is 5.10 Å². The number of hydrogen-bond donors (Lipinski definition) is 1. The minimum atomic E-state index is 0.276. The van der Waals surface area contributed by atoms with Crippen molar-refractivity contribution in [3.63, 3.8) is 0 Å². The minimum absolute atomic E-state index is 0.276. The molecule has 2 rings (SSSR count). The first-order valence-corrected chi connectivity index (χ1v) is 8.05. The Morgan fingerprint density at radius 1 is 1.47 bits per heavy atom. The molecule has 0 saturated carbocycles. The van der Waals surface area contributed by atoms with Crippen molar-refractivity contribution in [1.82, 2.24) is 20.1 Å². The highest BCUT2D eigenvalue weighted by Gasteiger charge is 2.16. The molecule has 4 nitrogen and oxygen atoms in total. The van der Waals surface area contributed by atoms with Crippen LogP contribution in [0.3, 0.4) is 0 Å². The predicted molar refractivity (Wildman–Crippen MR) is 82.4 cm³/mol. The topological polar surface area (TPSA) is 42.7 Å². The van der Waals surface area contributed by atoms with Gasteiger partial charge in [0.15, 0.2) is 0 Å². The lowest BCUT2D eigenvalue weighted by molar-refractivity contribution is 0.451. The average molecular weight is 343 g/mol. The maximum atomic E-state index is 4.39. The van der Waals surface area contributed by atoms with Gasteiger partial charge in [-0.05, 0) is 45.9 Å². The molecule has 2 aromatic heterocycles. The third kappa shape index (κ3) is 3.87. The third-order valence-electron chi connectivity index (χ3n) is 2.96. The summed E-state index contributed by atoms with van der Waals surface area (Å²) in [5.41, 5.74) is 1.29. The Labute approximate surface area is 126 Å². The van der Waals surface area contributed by atoms with Gasteiger partial charge in [0.1, 0.15) is 12.2 Å². The molecule has 1 atom stereocenters. The highest BCUT2D eigenvalue weighted by atomic mass is 79.9. The second-order valence-electron chi connectivity index (χ2n) is 4.98. The van der Waals surface area contributed by atoms with Gasteiger partial charge in [0.05, 0.1) is 3.79 Å². The van der Waals surface area contributed by atoms with Crippen LogP contribution in [-0.2, 0) is 13.0 Å². The van der Waals surface area contributed by atoms with Gasteiger partial charge in [-0.25, -0.2) is 9.67 Å². The van der Waals surface area contributed by atoms with Gasteiger partial charge in [0, 0.05) is 19.0 Å². The molecular formula is C13H19BrN4S.